The Morgan fingerprint density at radius 2 is 2.07 bits per heavy atom. The molecule has 0 aliphatic carbocycles. The van der Waals surface area contributed by atoms with Gasteiger partial charge in [0, 0.05) is 24.7 Å². The number of nitrogens with one attached hydrogen (secondary N) is 1. The zero-order chi connectivity index (χ0) is 20.9. The van der Waals surface area contributed by atoms with Gasteiger partial charge in [-0.25, -0.2) is 4.79 Å². The molecule has 2 saturated heterocycles. The molecule has 1 amide bonds. The van der Waals surface area contributed by atoms with Crippen molar-refractivity contribution in [3.8, 4) is 0 Å². The Labute approximate surface area is 176 Å². The van der Waals surface area contributed by atoms with Crippen molar-refractivity contribution in [1.82, 2.24) is 5.32 Å². The maximum absolute atomic E-state index is 12.4. The lowest BCUT2D eigenvalue weighted by molar-refractivity contribution is -0.283. The van der Waals surface area contributed by atoms with Gasteiger partial charge in [0.2, 0.25) is 0 Å². The fraction of sp³-hybridized carbons (Fsp3) is 0.636. The lowest BCUT2D eigenvalue weighted by atomic mass is 9.90. The zero-order valence-electron chi connectivity index (χ0n) is 17.1. The monoisotopic (exact) mass is 421 g/mol. The van der Waals surface area contributed by atoms with Gasteiger partial charge in [-0.1, -0.05) is 48.6 Å². The third-order valence-electron chi connectivity index (χ3n) is 5.62. The Hall–Kier alpha value is -1.57. The predicted molar refractivity (Wildman–Crippen MR) is 113 cm³/mol. The van der Waals surface area contributed by atoms with Gasteiger partial charge in [0.15, 0.2) is 5.79 Å². The Bertz CT molecular complexity index is 703. The number of ether oxygens (including phenoxy) is 2. The van der Waals surface area contributed by atoms with Crippen LogP contribution in [0, 0.1) is 5.92 Å². The summed E-state index contributed by atoms with van der Waals surface area (Å²) in [5, 5.41) is 13.8. The Morgan fingerprint density at radius 1 is 1.24 bits per heavy atom. The van der Waals surface area contributed by atoms with Crippen LogP contribution >= 0.6 is 11.8 Å². The fourth-order valence-electron chi connectivity index (χ4n) is 3.96. The molecular weight excluding hydrogens is 390 g/mol. The van der Waals surface area contributed by atoms with E-state index in [2.05, 4.69) is 30.5 Å². The van der Waals surface area contributed by atoms with Gasteiger partial charge in [-0.15, -0.1) is 0 Å². The van der Waals surface area contributed by atoms with Crippen LogP contribution < -0.4 is 5.32 Å². The van der Waals surface area contributed by atoms with E-state index in [1.54, 1.807) is 0 Å². The molecule has 7 heteroatoms. The maximum Gasteiger partial charge on any atom is 0.330 e. The van der Waals surface area contributed by atoms with E-state index < -0.39 is 17.9 Å². The van der Waals surface area contributed by atoms with Gasteiger partial charge < -0.3 is 19.9 Å². The summed E-state index contributed by atoms with van der Waals surface area (Å²) < 4.78 is 11.8. The highest BCUT2D eigenvalue weighted by Gasteiger charge is 2.49. The summed E-state index contributed by atoms with van der Waals surface area (Å²) in [5.74, 6) is -1.10. The minimum Gasteiger partial charge on any atom is -0.459 e. The number of fused-ring (bicyclic) bond motifs is 2. The third-order valence-corrected chi connectivity index (χ3v) is 6.50. The Morgan fingerprint density at radius 3 is 2.83 bits per heavy atom. The van der Waals surface area contributed by atoms with Crippen LogP contribution in [0.4, 0.5) is 4.79 Å². The molecular formula is C22H31NO5S. The summed E-state index contributed by atoms with van der Waals surface area (Å²) in [6.07, 6.45) is 13.2. The van der Waals surface area contributed by atoms with Crippen molar-refractivity contribution in [1.29, 1.82) is 0 Å². The molecule has 160 valence electrons. The molecule has 5 atom stereocenters. The van der Waals surface area contributed by atoms with Crippen LogP contribution in [0.1, 0.15) is 52.4 Å². The molecule has 0 spiro atoms. The first-order valence-corrected chi connectivity index (χ1v) is 11.4. The fourth-order valence-corrected chi connectivity index (χ4v) is 4.85. The van der Waals surface area contributed by atoms with Crippen LogP contribution in [0.15, 0.2) is 36.0 Å². The van der Waals surface area contributed by atoms with Gasteiger partial charge in [0.1, 0.15) is 6.10 Å². The molecule has 0 aromatic heterocycles. The van der Waals surface area contributed by atoms with Gasteiger partial charge in [0.25, 0.3) is 5.24 Å². The van der Waals surface area contributed by atoms with E-state index in [0.29, 0.717) is 18.1 Å². The minimum absolute atomic E-state index is 0.159. The van der Waals surface area contributed by atoms with E-state index >= 15 is 0 Å². The van der Waals surface area contributed by atoms with E-state index in [9.17, 15) is 14.7 Å². The smallest absolute Gasteiger partial charge is 0.330 e. The summed E-state index contributed by atoms with van der Waals surface area (Å²) in [6, 6.07) is -0.505. The summed E-state index contributed by atoms with van der Waals surface area (Å²) in [6.45, 7) is 4.07. The molecule has 0 aromatic carbocycles. The number of esters is 1. The van der Waals surface area contributed by atoms with Gasteiger partial charge in [0.05, 0.1) is 12.1 Å². The number of aliphatic hydroxyl groups is 1. The van der Waals surface area contributed by atoms with Crippen molar-refractivity contribution >= 4 is 23.0 Å². The topological polar surface area (TPSA) is 84.9 Å². The van der Waals surface area contributed by atoms with Crippen LogP contribution in [0.3, 0.4) is 0 Å². The summed E-state index contributed by atoms with van der Waals surface area (Å²) >= 11 is 1.14. The van der Waals surface area contributed by atoms with Crippen molar-refractivity contribution in [2.45, 2.75) is 76.4 Å². The molecule has 2 fully saturated rings. The second-order valence-electron chi connectivity index (χ2n) is 8.28. The standard InChI is InChI=1S/C22H31NO5S/c1-15-7-5-3-4-6-8-16(2)11-20(24)27-18-12-17(10-9-15)28-22(26,13-18)19-14-29-21(25)23-19/h3-5,7,11,15,17-19,26H,6,8-10,12-14H2,1-2H3,(H,23,25)/b4-3+,7-5-,16-11-/t15-,17-,18-,19?,22-/m1/s1. The molecule has 3 aliphatic heterocycles. The highest BCUT2D eigenvalue weighted by Crippen LogP contribution is 2.36. The summed E-state index contributed by atoms with van der Waals surface area (Å²) in [7, 11) is 0. The lowest BCUT2D eigenvalue weighted by Gasteiger charge is -2.43. The molecule has 3 aliphatic rings. The molecule has 0 aromatic rings. The van der Waals surface area contributed by atoms with Gasteiger partial charge in [-0.05, 0) is 38.5 Å². The molecule has 1 unspecified atom stereocenters. The number of carbonyl (C=O) groups is 2. The minimum atomic E-state index is -1.53. The van der Waals surface area contributed by atoms with E-state index in [0.717, 1.165) is 43.0 Å². The predicted octanol–water partition coefficient (Wildman–Crippen LogP) is 3.86. The SMILES string of the molecule is C/C1=C/C(=O)O[C@@H]2C[C@@H](CC[C@H](C)/C=C\C=C\CC1)O[C@@](O)(C1CSC(=O)N1)C2. The molecule has 29 heavy (non-hydrogen) atoms. The Balaban J connectivity index is 1.78. The second-order valence-corrected chi connectivity index (χ2v) is 9.27. The number of allylic oxidation sites excluding steroid dienone is 5. The quantitative estimate of drug-likeness (QED) is 0.626. The largest absolute Gasteiger partial charge is 0.459 e. The molecule has 2 bridgehead atoms. The molecule has 0 saturated carbocycles. The van der Waals surface area contributed by atoms with Crippen LogP contribution in [0.25, 0.3) is 0 Å². The van der Waals surface area contributed by atoms with E-state index in [1.165, 1.54) is 6.08 Å². The summed E-state index contributed by atoms with van der Waals surface area (Å²) in [4.78, 5) is 24.0. The number of amides is 1. The highest BCUT2D eigenvalue weighted by molar-refractivity contribution is 8.14. The summed E-state index contributed by atoms with van der Waals surface area (Å²) in [5.41, 5.74) is 0.961. The van der Waals surface area contributed by atoms with E-state index in [1.807, 2.05) is 13.0 Å². The average molecular weight is 422 g/mol. The first kappa shape index (κ1) is 22.1. The Kier molecular flexibility index (Phi) is 7.60. The van der Waals surface area contributed by atoms with Crippen molar-refractivity contribution < 1.29 is 24.2 Å². The van der Waals surface area contributed by atoms with Gasteiger partial charge >= 0.3 is 5.97 Å². The van der Waals surface area contributed by atoms with Crippen LogP contribution in [0.5, 0.6) is 0 Å². The first-order valence-electron chi connectivity index (χ1n) is 10.4. The molecule has 6 nitrogen and oxygen atoms in total. The number of hydrogen-bond acceptors (Lipinski definition) is 6. The van der Waals surface area contributed by atoms with Crippen LogP contribution in [-0.2, 0) is 14.3 Å². The van der Waals surface area contributed by atoms with Crippen molar-refractivity contribution in [3.63, 3.8) is 0 Å². The van der Waals surface area contributed by atoms with Crippen LogP contribution in [0.2, 0.25) is 0 Å². The first-order chi connectivity index (χ1) is 13.8. The molecule has 0 radical (unpaired) electrons. The maximum atomic E-state index is 12.4. The van der Waals surface area contributed by atoms with E-state index in [4.69, 9.17) is 9.47 Å². The zero-order valence-corrected chi connectivity index (χ0v) is 18.0. The van der Waals surface area contributed by atoms with Crippen molar-refractivity contribution in [2.75, 3.05) is 5.75 Å². The lowest BCUT2D eigenvalue weighted by Crippen LogP contribution is -2.58. The number of hydrogen-bond donors (Lipinski definition) is 2. The number of rotatable bonds is 1. The number of carbonyl (C=O) groups excluding carboxylic acids is 2. The third kappa shape index (κ3) is 6.46. The molecule has 2 N–H and O–H groups in total. The molecule has 3 heterocycles. The van der Waals surface area contributed by atoms with Crippen molar-refractivity contribution in [3.05, 3.63) is 36.0 Å². The van der Waals surface area contributed by atoms with Crippen molar-refractivity contribution in [2.24, 2.45) is 5.92 Å². The molecule has 3 rings (SSSR count). The highest BCUT2D eigenvalue weighted by atomic mass is 32.2. The average Bonchev–Trinajstić information content (AvgIpc) is 3.09. The van der Waals surface area contributed by atoms with Gasteiger partial charge in [-0.3, -0.25) is 4.79 Å². The van der Waals surface area contributed by atoms with E-state index in [-0.39, 0.29) is 23.7 Å². The van der Waals surface area contributed by atoms with Gasteiger partial charge in [-0.2, -0.15) is 0 Å². The number of thioether (sulfide) groups is 1. The normalized spacial score (nSPS) is 41.0. The second kappa shape index (κ2) is 9.96. The van der Waals surface area contributed by atoms with Crippen LogP contribution in [-0.4, -0.2) is 46.1 Å².